The Labute approximate surface area is 239 Å². The highest BCUT2D eigenvalue weighted by Gasteiger charge is 2.54. The third-order valence-electron chi connectivity index (χ3n) is 7.60. The topological polar surface area (TPSA) is 118 Å². The van der Waals surface area contributed by atoms with Crippen molar-refractivity contribution in [3.63, 3.8) is 0 Å². The van der Waals surface area contributed by atoms with Crippen LogP contribution in [-0.4, -0.2) is 84.9 Å². The lowest BCUT2D eigenvalue weighted by molar-refractivity contribution is -0.138. The minimum absolute atomic E-state index is 0.163. The molecule has 40 heavy (non-hydrogen) atoms. The molecule has 0 radical (unpaired) electrons. The molecule has 4 amide bonds. The fraction of sp³-hybridized carbons (Fsp3) is 0.690. The SMILES string of the molecule is CC(C)(C)NC(=O)NC(CC(=O)N1CCOCC1)C(=O)NC(CCCc1ccccc1)B1OC(C)(C)C(C)(C)O1. The van der Waals surface area contributed by atoms with Gasteiger partial charge in [0.25, 0.3) is 0 Å². The van der Waals surface area contributed by atoms with Gasteiger partial charge in [-0.3, -0.25) is 9.59 Å². The molecule has 1 aromatic carbocycles. The van der Waals surface area contributed by atoms with E-state index in [1.165, 1.54) is 5.56 Å². The molecule has 3 N–H and O–H groups in total. The standard InChI is InChI=1S/C29H47BN4O6/c1-27(2,3)33-26(37)31-22(20-24(35)34-16-18-38-19-17-34)25(36)32-23(15-11-14-21-12-9-8-10-13-21)30-39-28(4,5)29(6,7)40-30/h8-10,12-13,22-23H,11,14-20H2,1-7H3,(H,32,36)(H2,31,33,37). The lowest BCUT2D eigenvalue weighted by Gasteiger charge is -2.32. The highest BCUT2D eigenvalue weighted by atomic mass is 16.7. The maximum absolute atomic E-state index is 13.7. The molecular weight excluding hydrogens is 511 g/mol. The van der Waals surface area contributed by atoms with Gasteiger partial charge in [0.15, 0.2) is 0 Å². The Morgan fingerprint density at radius 2 is 1.57 bits per heavy atom. The molecule has 0 bridgehead atoms. The van der Waals surface area contributed by atoms with E-state index in [1.54, 1.807) is 4.90 Å². The van der Waals surface area contributed by atoms with Crippen molar-refractivity contribution >= 4 is 25.0 Å². The zero-order valence-electron chi connectivity index (χ0n) is 25.2. The van der Waals surface area contributed by atoms with Gasteiger partial charge in [-0.2, -0.15) is 0 Å². The van der Waals surface area contributed by atoms with Crippen molar-refractivity contribution in [3.8, 4) is 0 Å². The Hall–Kier alpha value is -2.63. The van der Waals surface area contributed by atoms with Gasteiger partial charge in [0, 0.05) is 18.6 Å². The maximum Gasteiger partial charge on any atom is 0.481 e. The number of hydrogen-bond acceptors (Lipinski definition) is 6. The van der Waals surface area contributed by atoms with Crippen LogP contribution in [0.3, 0.4) is 0 Å². The summed E-state index contributed by atoms with van der Waals surface area (Å²) in [5, 5.41) is 8.62. The largest absolute Gasteiger partial charge is 0.481 e. The van der Waals surface area contributed by atoms with Gasteiger partial charge in [0.05, 0.1) is 36.8 Å². The van der Waals surface area contributed by atoms with Gasteiger partial charge in [0.1, 0.15) is 6.04 Å². The van der Waals surface area contributed by atoms with E-state index in [0.29, 0.717) is 32.7 Å². The van der Waals surface area contributed by atoms with Crippen LogP contribution >= 0.6 is 0 Å². The van der Waals surface area contributed by atoms with Crippen molar-refractivity contribution in [2.75, 3.05) is 26.3 Å². The normalized spacial score (nSPS) is 20.0. The first-order valence-corrected chi connectivity index (χ1v) is 14.3. The maximum atomic E-state index is 13.7. The number of carbonyl (C=O) groups excluding carboxylic acids is 3. The Morgan fingerprint density at radius 1 is 0.975 bits per heavy atom. The van der Waals surface area contributed by atoms with Crippen LogP contribution in [0.15, 0.2) is 30.3 Å². The first kappa shape index (κ1) is 31.9. The van der Waals surface area contributed by atoms with Gasteiger partial charge in [-0.25, -0.2) is 4.79 Å². The molecule has 0 saturated carbocycles. The van der Waals surface area contributed by atoms with E-state index in [0.717, 1.165) is 12.8 Å². The lowest BCUT2D eigenvalue weighted by Crippen LogP contribution is -2.58. The molecule has 2 aliphatic heterocycles. The Bertz CT molecular complexity index is 992. The minimum Gasteiger partial charge on any atom is -0.402 e. The first-order chi connectivity index (χ1) is 18.7. The molecule has 0 aliphatic carbocycles. The van der Waals surface area contributed by atoms with Crippen LogP contribution in [-0.2, 0) is 30.1 Å². The van der Waals surface area contributed by atoms with Crippen molar-refractivity contribution in [2.45, 2.75) is 103 Å². The van der Waals surface area contributed by atoms with Crippen LogP contribution in [0.1, 0.15) is 73.3 Å². The second-order valence-corrected chi connectivity index (χ2v) is 12.7. The van der Waals surface area contributed by atoms with Crippen molar-refractivity contribution in [1.82, 2.24) is 20.9 Å². The lowest BCUT2D eigenvalue weighted by atomic mass is 9.75. The monoisotopic (exact) mass is 558 g/mol. The summed E-state index contributed by atoms with van der Waals surface area (Å²) in [6, 6.07) is 8.56. The van der Waals surface area contributed by atoms with Crippen LogP contribution < -0.4 is 16.0 Å². The number of benzene rings is 1. The fourth-order valence-electron chi connectivity index (χ4n) is 4.64. The number of rotatable bonds is 10. The van der Waals surface area contributed by atoms with Crippen LogP contribution in [0.5, 0.6) is 0 Å². The molecule has 0 spiro atoms. The van der Waals surface area contributed by atoms with E-state index in [2.05, 4.69) is 28.1 Å². The smallest absolute Gasteiger partial charge is 0.402 e. The predicted molar refractivity (Wildman–Crippen MR) is 155 cm³/mol. The van der Waals surface area contributed by atoms with Crippen molar-refractivity contribution < 1.29 is 28.4 Å². The van der Waals surface area contributed by atoms with Gasteiger partial charge < -0.3 is 34.9 Å². The molecule has 2 heterocycles. The van der Waals surface area contributed by atoms with E-state index in [1.807, 2.05) is 66.7 Å². The molecule has 2 unspecified atom stereocenters. The van der Waals surface area contributed by atoms with Gasteiger partial charge >= 0.3 is 13.1 Å². The average Bonchev–Trinajstić information content (AvgIpc) is 3.09. The summed E-state index contributed by atoms with van der Waals surface area (Å²) in [6.07, 6.45) is 2.05. The summed E-state index contributed by atoms with van der Waals surface area (Å²) in [6.45, 7) is 15.2. The summed E-state index contributed by atoms with van der Waals surface area (Å²) in [7, 11) is -0.677. The molecular formula is C29H47BN4O6. The Balaban J connectivity index is 1.76. The summed E-state index contributed by atoms with van der Waals surface area (Å²) < 4.78 is 18.0. The second kappa shape index (κ2) is 13.4. The van der Waals surface area contributed by atoms with E-state index < -0.39 is 47.8 Å². The molecule has 1 aromatic rings. The molecule has 2 saturated heterocycles. The number of ether oxygens (including phenoxy) is 1. The molecule has 3 rings (SSSR count). The predicted octanol–water partition coefficient (Wildman–Crippen LogP) is 2.84. The van der Waals surface area contributed by atoms with Crippen molar-refractivity contribution in [2.24, 2.45) is 0 Å². The molecule has 222 valence electrons. The highest BCUT2D eigenvalue weighted by molar-refractivity contribution is 6.48. The number of nitrogens with one attached hydrogen (secondary N) is 3. The van der Waals surface area contributed by atoms with Gasteiger partial charge in [-0.15, -0.1) is 0 Å². The summed E-state index contributed by atoms with van der Waals surface area (Å²) in [5.74, 6) is -1.15. The number of aryl methyl sites for hydroxylation is 1. The van der Waals surface area contributed by atoms with Gasteiger partial charge in [-0.1, -0.05) is 30.3 Å². The van der Waals surface area contributed by atoms with Gasteiger partial charge in [-0.05, 0) is 73.3 Å². The van der Waals surface area contributed by atoms with Gasteiger partial charge in [0.2, 0.25) is 11.8 Å². The highest BCUT2D eigenvalue weighted by Crippen LogP contribution is 2.38. The number of nitrogens with zero attached hydrogens (tertiary/aromatic N) is 1. The number of hydrogen-bond donors (Lipinski definition) is 3. The quantitative estimate of drug-likeness (QED) is 0.380. The molecule has 10 nitrogen and oxygen atoms in total. The van der Waals surface area contributed by atoms with Crippen LogP contribution in [0.4, 0.5) is 4.79 Å². The van der Waals surface area contributed by atoms with E-state index >= 15 is 0 Å². The Kier molecular flexibility index (Phi) is 10.7. The summed E-state index contributed by atoms with van der Waals surface area (Å²) in [5.41, 5.74) is -0.453. The Morgan fingerprint density at radius 3 is 2.15 bits per heavy atom. The number of carbonyl (C=O) groups is 3. The first-order valence-electron chi connectivity index (χ1n) is 14.3. The van der Waals surface area contributed by atoms with Crippen LogP contribution in [0, 0.1) is 0 Å². The number of morpholine rings is 1. The van der Waals surface area contributed by atoms with E-state index in [-0.39, 0.29) is 12.3 Å². The minimum atomic E-state index is -1.07. The van der Waals surface area contributed by atoms with Crippen molar-refractivity contribution in [1.29, 1.82) is 0 Å². The van der Waals surface area contributed by atoms with E-state index in [4.69, 9.17) is 14.0 Å². The molecule has 2 atom stereocenters. The number of amides is 4. The number of urea groups is 1. The van der Waals surface area contributed by atoms with Crippen LogP contribution in [0.25, 0.3) is 0 Å². The summed E-state index contributed by atoms with van der Waals surface area (Å²) in [4.78, 5) is 41.3. The molecule has 11 heteroatoms. The zero-order chi connectivity index (χ0) is 29.6. The van der Waals surface area contributed by atoms with Crippen molar-refractivity contribution in [3.05, 3.63) is 35.9 Å². The average molecular weight is 559 g/mol. The molecule has 2 aliphatic rings. The molecule has 0 aromatic heterocycles. The zero-order valence-corrected chi connectivity index (χ0v) is 25.2. The molecule has 2 fully saturated rings. The summed E-state index contributed by atoms with van der Waals surface area (Å²) >= 11 is 0. The second-order valence-electron chi connectivity index (χ2n) is 12.7. The van der Waals surface area contributed by atoms with Crippen LogP contribution in [0.2, 0.25) is 0 Å². The fourth-order valence-corrected chi connectivity index (χ4v) is 4.64. The van der Waals surface area contributed by atoms with E-state index in [9.17, 15) is 14.4 Å². The third kappa shape index (κ3) is 9.21. The third-order valence-corrected chi connectivity index (χ3v) is 7.60.